The van der Waals surface area contributed by atoms with Gasteiger partial charge in [0.2, 0.25) is 5.91 Å². The molecule has 0 aliphatic heterocycles. The average molecular weight is 328 g/mol. The molecule has 0 aromatic carbocycles. The Balaban J connectivity index is 2.11. The van der Waals surface area contributed by atoms with Crippen molar-refractivity contribution in [1.29, 1.82) is 0 Å². The van der Waals surface area contributed by atoms with Crippen molar-refractivity contribution in [1.82, 2.24) is 20.1 Å². The Hall–Kier alpha value is -2.50. The molecule has 2 heterocycles. The normalized spacial score (nSPS) is 12.0. The third kappa shape index (κ3) is 3.88. The minimum absolute atomic E-state index is 0.0352. The molecular weight excluding hydrogens is 304 g/mol. The highest BCUT2D eigenvalue weighted by Crippen LogP contribution is 2.16. The Labute approximate surface area is 142 Å². The highest BCUT2D eigenvalue weighted by molar-refractivity contribution is 5.96. The van der Waals surface area contributed by atoms with Crippen molar-refractivity contribution in [2.24, 2.45) is 0 Å². The summed E-state index contributed by atoms with van der Waals surface area (Å²) in [5.41, 5.74) is 3.89. The second kappa shape index (κ2) is 7.38. The summed E-state index contributed by atoms with van der Waals surface area (Å²) in [5, 5.41) is 7.30. The first-order chi connectivity index (χ1) is 11.3. The number of carbonyl (C=O) groups excluding carboxylic acids is 2. The average Bonchev–Trinajstić information content (AvgIpc) is 2.80. The second-order valence-corrected chi connectivity index (χ2v) is 6.05. The number of aromatic nitrogens is 3. The Morgan fingerprint density at radius 2 is 1.96 bits per heavy atom. The largest absolute Gasteiger partial charge is 0.346 e. The van der Waals surface area contributed by atoms with Gasteiger partial charge in [-0.05, 0) is 45.7 Å². The SMILES string of the molecule is CC[C@@H](NC(=O)Cn1nc(C)c(C(C)=O)c1C)c1ccc(C)cn1. The van der Waals surface area contributed by atoms with Crippen LogP contribution in [-0.2, 0) is 11.3 Å². The van der Waals surface area contributed by atoms with Crippen LogP contribution in [0.2, 0.25) is 0 Å². The quantitative estimate of drug-likeness (QED) is 0.827. The van der Waals surface area contributed by atoms with Crippen molar-refractivity contribution in [3.05, 3.63) is 46.5 Å². The van der Waals surface area contributed by atoms with Crippen molar-refractivity contribution in [3.8, 4) is 0 Å². The van der Waals surface area contributed by atoms with Crippen molar-refractivity contribution in [2.75, 3.05) is 0 Å². The first-order valence-electron chi connectivity index (χ1n) is 8.10. The number of pyridine rings is 1. The minimum Gasteiger partial charge on any atom is -0.346 e. The number of carbonyl (C=O) groups is 2. The zero-order valence-corrected chi connectivity index (χ0v) is 14.9. The minimum atomic E-state index is -0.148. The molecule has 0 fully saturated rings. The van der Waals surface area contributed by atoms with Gasteiger partial charge in [-0.15, -0.1) is 0 Å². The summed E-state index contributed by atoms with van der Waals surface area (Å²) in [6.45, 7) is 9.17. The summed E-state index contributed by atoms with van der Waals surface area (Å²) in [5.74, 6) is -0.183. The molecule has 0 spiro atoms. The third-order valence-electron chi connectivity index (χ3n) is 4.06. The van der Waals surface area contributed by atoms with Gasteiger partial charge in [0.25, 0.3) is 0 Å². The number of aryl methyl sites for hydroxylation is 2. The molecule has 0 radical (unpaired) electrons. The molecule has 1 atom stereocenters. The van der Waals surface area contributed by atoms with Crippen molar-refractivity contribution in [2.45, 2.75) is 53.6 Å². The molecule has 0 bridgehead atoms. The van der Waals surface area contributed by atoms with E-state index < -0.39 is 0 Å². The third-order valence-corrected chi connectivity index (χ3v) is 4.06. The molecular formula is C18H24N4O2. The van der Waals surface area contributed by atoms with Gasteiger partial charge in [0, 0.05) is 11.9 Å². The van der Waals surface area contributed by atoms with E-state index in [-0.39, 0.29) is 24.3 Å². The smallest absolute Gasteiger partial charge is 0.242 e. The Morgan fingerprint density at radius 1 is 1.25 bits per heavy atom. The predicted octanol–water partition coefficient (Wildman–Crippen LogP) is 2.67. The van der Waals surface area contributed by atoms with E-state index >= 15 is 0 Å². The van der Waals surface area contributed by atoms with Crippen molar-refractivity contribution in [3.63, 3.8) is 0 Å². The first kappa shape index (κ1) is 17.8. The van der Waals surface area contributed by atoms with Crippen LogP contribution in [0.4, 0.5) is 0 Å². The van der Waals surface area contributed by atoms with E-state index in [1.807, 2.05) is 32.9 Å². The van der Waals surface area contributed by atoms with Gasteiger partial charge in [0.15, 0.2) is 5.78 Å². The lowest BCUT2D eigenvalue weighted by Gasteiger charge is -2.17. The molecule has 1 N–H and O–H groups in total. The van der Waals surface area contributed by atoms with Crippen LogP contribution in [-0.4, -0.2) is 26.5 Å². The van der Waals surface area contributed by atoms with Gasteiger partial charge in [-0.25, -0.2) is 0 Å². The molecule has 0 aliphatic rings. The maximum atomic E-state index is 12.4. The molecule has 0 unspecified atom stereocenters. The Kier molecular flexibility index (Phi) is 5.49. The van der Waals surface area contributed by atoms with Crippen LogP contribution in [0.15, 0.2) is 18.3 Å². The number of hydrogen-bond donors (Lipinski definition) is 1. The van der Waals surface area contributed by atoms with E-state index in [4.69, 9.17) is 0 Å². The van der Waals surface area contributed by atoms with E-state index in [1.54, 1.807) is 17.8 Å². The topological polar surface area (TPSA) is 76.9 Å². The lowest BCUT2D eigenvalue weighted by molar-refractivity contribution is -0.122. The fraction of sp³-hybridized carbons (Fsp3) is 0.444. The Morgan fingerprint density at radius 3 is 2.46 bits per heavy atom. The van der Waals surface area contributed by atoms with E-state index in [2.05, 4.69) is 15.4 Å². The first-order valence-corrected chi connectivity index (χ1v) is 8.10. The van der Waals surface area contributed by atoms with Crippen LogP contribution in [0.3, 0.4) is 0 Å². The van der Waals surface area contributed by atoms with Crippen molar-refractivity contribution < 1.29 is 9.59 Å². The molecule has 24 heavy (non-hydrogen) atoms. The molecule has 2 aromatic heterocycles. The van der Waals surface area contributed by atoms with Crippen LogP contribution in [0.5, 0.6) is 0 Å². The van der Waals surface area contributed by atoms with Crippen molar-refractivity contribution >= 4 is 11.7 Å². The van der Waals surface area contributed by atoms with Crippen LogP contribution in [0.1, 0.15) is 59.3 Å². The van der Waals surface area contributed by atoms with Gasteiger partial charge in [-0.1, -0.05) is 13.0 Å². The maximum Gasteiger partial charge on any atom is 0.242 e. The highest BCUT2D eigenvalue weighted by Gasteiger charge is 2.19. The van der Waals surface area contributed by atoms with Gasteiger partial charge < -0.3 is 5.32 Å². The van der Waals surface area contributed by atoms with E-state index in [9.17, 15) is 9.59 Å². The summed E-state index contributed by atoms with van der Waals surface area (Å²) in [4.78, 5) is 28.4. The Bertz CT molecular complexity index is 747. The number of ketones is 1. The summed E-state index contributed by atoms with van der Waals surface area (Å²) in [6, 6.07) is 3.78. The molecule has 128 valence electrons. The van der Waals surface area contributed by atoms with Gasteiger partial charge >= 0.3 is 0 Å². The highest BCUT2D eigenvalue weighted by atomic mass is 16.2. The van der Waals surface area contributed by atoms with E-state index in [0.717, 1.165) is 23.4 Å². The molecule has 6 nitrogen and oxygen atoms in total. The molecule has 2 rings (SSSR count). The van der Waals surface area contributed by atoms with E-state index in [0.29, 0.717) is 11.3 Å². The second-order valence-electron chi connectivity index (χ2n) is 6.05. The lowest BCUT2D eigenvalue weighted by Crippen LogP contribution is -2.32. The number of Topliss-reactive ketones (excluding diaryl/α,β-unsaturated/α-hetero) is 1. The number of amides is 1. The standard InChI is InChI=1S/C18H24N4O2/c1-6-15(16-8-7-11(2)9-19-16)20-17(24)10-22-13(4)18(14(5)23)12(3)21-22/h7-9,15H,6,10H2,1-5H3,(H,20,24)/t15-/m1/s1. The predicted molar refractivity (Wildman–Crippen MR) is 91.9 cm³/mol. The summed E-state index contributed by atoms with van der Waals surface area (Å²) < 4.78 is 1.58. The van der Waals surface area contributed by atoms with Gasteiger partial charge in [0.05, 0.1) is 23.0 Å². The zero-order valence-electron chi connectivity index (χ0n) is 14.9. The van der Waals surface area contributed by atoms with Crippen LogP contribution in [0.25, 0.3) is 0 Å². The van der Waals surface area contributed by atoms with Gasteiger partial charge in [0.1, 0.15) is 6.54 Å². The number of nitrogens with zero attached hydrogens (tertiary/aromatic N) is 3. The van der Waals surface area contributed by atoms with Gasteiger partial charge in [-0.3, -0.25) is 19.3 Å². The fourth-order valence-electron chi connectivity index (χ4n) is 2.81. The molecule has 6 heteroatoms. The number of hydrogen-bond acceptors (Lipinski definition) is 4. The number of nitrogens with one attached hydrogen (secondary N) is 1. The molecule has 1 amide bonds. The molecule has 2 aromatic rings. The summed E-state index contributed by atoms with van der Waals surface area (Å²) >= 11 is 0. The van der Waals surface area contributed by atoms with Crippen LogP contribution >= 0.6 is 0 Å². The van der Waals surface area contributed by atoms with E-state index in [1.165, 1.54) is 6.92 Å². The lowest BCUT2D eigenvalue weighted by atomic mass is 10.1. The molecule has 0 aliphatic carbocycles. The van der Waals surface area contributed by atoms with Gasteiger partial charge in [-0.2, -0.15) is 5.10 Å². The summed E-state index contributed by atoms with van der Waals surface area (Å²) in [7, 11) is 0. The number of rotatable bonds is 6. The van der Waals surface area contributed by atoms with Crippen LogP contribution in [0, 0.1) is 20.8 Å². The fourth-order valence-corrected chi connectivity index (χ4v) is 2.81. The molecule has 0 saturated carbocycles. The zero-order chi connectivity index (χ0) is 17.9. The monoisotopic (exact) mass is 328 g/mol. The molecule has 0 saturated heterocycles. The summed E-state index contributed by atoms with van der Waals surface area (Å²) in [6.07, 6.45) is 2.54. The van der Waals surface area contributed by atoms with Crippen LogP contribution < -0.4 is 5.32 Å². The maximum absolute atomic E-state index is 12.4.